The maximum Gasteiger partial charge on any atom is 0.427 e. The molecule has 0 aliphatic carbocycles. The summed E-state index contributed by atoms with van der Waals surface area (Å²) in [5.41, 5.74) is 11.3. The maximum absolute atomic E-state index is 14.3. The lowest BCUT2D eigenvalue weighted by Crippen LogP contribution is -2.46. The minimum Gasteiger partial charge on any atom is -0.409 e. The summed E-state index contributed by atoms with van der Waals surface area (Å²) in [5.74, 6) is 0.124. The normalized spacial score (nSPS) is 14.4. The van der Waals surface area contributed by atoms with Gasteiger partial charge >= 0.3 is 6.09 Å². The Kier molecular flexibility index (Phi) is 6.37. The monoisotopic (exact) mass is 473 g/mol. The molecule has 0 saturated heterocycles. The van der Waals surface area contributed by atoms with Crippen LogP contribution in [0.5, 0.6) is 5.75 Å². The van der Waals surface area contributed by atoms with Crippen molar-refractivity contribution in [2.75, 3.05) is 12.0 Å². The van der Waals surface area contributed by atoms with Crippen molar-refractivity contribution in [2.24, 2.45) is 0 Å². The Hall–Kier alpha value is -3.91. The summed E-state index contributed by atoms with van der Waals surface area (Å²) in [6.07, 6.45) is 5.85. The van der Waals surface area contributed by atoms with Gasteiger partial charge in [-0.1, -0.05) is 31.2 Å². The second kappa shape index (κ2) is 9.76. The number of carbonyl (C=O) groups excluding carboxylic acids is 1. The van der Waals surface area contributed by atoms with Crippen LogP contribution in [0.1, 0.15) is 41.6 Å². The molecule has 8 heteroatoms. The number of ether oxygens (including phenoxy) is 1. The third-order valence-corrected chi connectivity index (χ3v) is 6.45. The molecule has 1 atom stereocenters. The van der Waals surface area contributed by atoms with Gasteiger partial charge < -0.3 is 10.2 Å². The van der Waals surface area contributed by atoms with E-state index >= 15 is 0 Å². The fraction of sp³-hybridized carbons (Fsp3) is 0.259. The average Bonchev–Trinajstić information content (AvgIpc) is 3.17. The molecular formula is C27H28FN5O2. The number of halogens is 1. The van der Waals surface area contributed by atoms with Crippen molar-refractivity contribution >= 4 is 17.0 Å². The molecule has 2 aromatic heterocycles. The second-order valence-electron chi connectivity index (χ2n) is 8.79. The zero-order valence-corrected chi connectivity index (χ0v) is 19.8. The molecule has 4 aromatic rings. The number of nitrogens with one attached hydrogen (secondary N) is 2. The van der Waals surface area contributed by atoms with Crippen molar-refractivity contribution in [3.63, 3.8) is 0 Å². The number of hydrazine groups is 1. The minimum absolute atomic E-state index is 0.218. The number of amides is 1. The molecule has 35 heavy (non-hydrogen) atoms. The number of aryl methyl sites for hydroxylation is 1. The first-order valence-corrected chi connectivity index (χ1v) is 11.8. The fourth-order valence-electron chi connectivity index (χ4n) is 4.61. The lowest BCUT2D eigenvalue weighted by atomic mass is 10.0. The Morgan fingerprint density at radius 1 is 1.20 bits per heavy atom. The van der Waals surface area contributed by atoms with Gasteiger partial charge in [-0.3, -0.25) is 15.1 Å². The first kappa shape index (κ1) is 22.9. The highest BCUT2D eigenvalue weighted by Crippen LogP contribution is 2.28. The van der Waals surface area contributed by atoms with E-state index in [1.54, 1.807) is 18.3 Å². The van der Waals surface area contributed by atoms with Gasteiger partial charge in [-0.15, -0.1) is 0 Å². The zero-order valence-electron chi connectivity index (χ0n) is 19.8. The van der Waals surface area contributed by atoms with Crippen LogP contribution in [0.2, 0.25) is 0 Å². The zero-order chi connectivity index (χ0) is 24.4. The van der Waals surface area contributed by atoms with Crippen LogP contribution in [-0.2, 0) is 13.0 Å². The van der Waals surface area contributed by atoms with E-state index in [0.717, 1.165) is 29.4 Å². The number of hydrogen-bond acceptors (Lipinski definition) is 5. The van der Waals surface area contributed by atoms with E-state index in [4.69, 9.17) is 4.74 Å². The van der Waals surface area contributed by atoms with Crippen LogP contribution in [0.15, 0.2) is 67.1 Å². The molecule has 3 heterocycles. The average molecular weight is 474 g/mol. The topological polar surface area (TPSA) is 71.4 Å². The molecule has 0 radical (unpaired) electrons. The van der Waals surface area contributed by atoms with E-state index in [1.807, 2.05) is 54.0 Å². The molecule has 1 unspecified atom stereocenters. The molecule has 1 aliphatic heterocycles. The number of pyridine rings is 1. The largest absolute Gasteiger partial charge is 0.427 e. The van der Waals surface area contributed by atoms with Gasteiger partial charge in [-0.25, -0.2) is 14.2 Å². The molecule has 7 nitrogen and oxygen atoms in total. The predicted octanol–water partition coefficient (Wildman–Crippen LogP) is 5.24. The number of fused-ring (bicyclic) bond motifs is 2. The van der Waals surface area contributed by atoms with E-state index in [2.05, 4.69) is 28.0 Å². The third kappa shape index (κ3) is 4.83. The van der Waals surface area contributed by atoms with Crippen molar-refractivity contribution in [1.29, 1.82) is 0 Å². The molecule has 0 spiro atoms. The van der Waals surface area contributed by atoms with Gasteiger partial charge in [0.15, 0.2) is 0 Å². The van der Waals surface area contributed by atoms with Crippen LogP contribution in [0.3, 0.4) is 0 Å². The third-order valence-electron chi connectivity index (χ3n) is 6.45. The first-order chi connectivity index (χ1) is 17.0. The molecule has 1 aliphatic rings. The fourth-order valence-corrected chi connectivity index (χ4v) is 4.61. The number of aromatic nitrogens is 2. The van der Waals surface area contributed by atoms with Crippen molar-refractivity contribution in [3.05, 3.63) is 95.2 Å². The molecule has 0 saturated carbocycles. The van der Waals surface area contributed by atoms with Gasteiger partial charge in [0.2, 0.25) is 0 Å². The van der Waals surface area contributed by atoms with Gasteiger partial charge in [-0.05, 0) is 60.7 Å². The van der Waals surface area contributed by atoms with Gasteiger partial charge in [-0.2, -0.15) is 0 Å². The minimum atomic E-state index is -0.516. The number of carbonyl (C=O) groups is 1. The van der Waals surface area contributed by atoms with Crippen LogP contribution in [0.4, 0.5) is 9.18 Å². The first-order valence-electron chi connectivity index (χ1n) is 11.8. The smallest absolute Gasteiger partial charge is 0.409 e. The van der Waals surface area contributed by atoms with Gasteiger partial charge in [0, 0.05) is 36.4 Å². The van der Waals surface area contributed by atoms with E-state index in [1.165, 1.54) is 17.3 Å². The summed E-state index contributed by atoms with van der Waals surface area (Å²) in [5, 5.41) is 2.82. The van der Waals surface area contributed by atoms with Crippen LogP contribution >= 0.6 is 0 Å². The van der Waals surface area contributed by atoms with Gasteiger partial charge in [0.1, 0.15) is 11.6 Å². The van der Waals surface area contributed by atoms with Gasteiger partial charge in [0.25, 0.3) is 0 Å². The molecule has 0 bridgehead atoms. The van der Waals surface area contributed by atoms with Crippen molar-refractivity contribution in [2.45, 2.75) is 39.3 Å². The number of benzene rings is 2. The second-order valence-corrected chi connectivity index (χ2v) is 8.79. The molecule has 2 N–H and O–H groups in total. The Labute approximate surface area is 203 Å². The van der Waals surface area contributed by atoms with E-state index in [0.29, 0.717) is 24.3 Å². The summed E-state index contributed by atoms with van der Waals surface area (Å²) in [6, 6.07) is 15.2. The Bertz CT molecular complexity index is 1370. The molecule has 0 fully saturated rings. The molecule has 180 valence electrons. The van der Waals surface area contributed by atoms with E-state index < -0.39 is 6.09 Å². The molecule has 2 aromatic carbocycles. The molecule has 5 rings (SSSR count). The lowest BCUT2D eigenvalue weighted by molar-refractivity contribution is 0.135. The number of rotatable bonds is 6. The Morgan fingerprint density at radius 2 is 2.03 bits per heavy atom. The summed E-state index contributed by atoms with van der Waals surface area (Å²) in [6.45, 7) is 5.37. The maximum atomic E-state index is 14.3. The Morgan fingerprint density at radius 3 is 2.83 bits per heavy atom. The highest BCUT2D eigenvalue weighted by Gasteiger charge is 2.19. The van der Waals surface area contributed by atoms with Crippen molar-refractivity contribution in [1.82, 2.24) is 20.1 Å². The van der Waals surface area contributed by atoms with Crippen molar-refractivity contribution < 1.29 is 13.9 Å². The summed E-state index contributed by atoms with van der Waals surface area (Å²) < 4.78 is 21.8. The van der Waals surface area contributed by atoms with Crippen LogP contribution < -0.4 is 15.6 Å². The standard InChI is InChI=1S/C27H28FN5O2/c1-3-25(22-10-12-29-15-24(22)28)30-33-16-18(2)23-14-21(8-9-26(23)33)35-27(34)31-32-13-11-19-6-4-5-7-20(19)17-32/h4-10,12,14-16,25,30H,3,11,13,17H2,1-2H3,(H,31,34). The van der Waals surface area contributed by atoms with Crippen LogP contribution in [0.25, 0.3) is 10.9 Å². The van der Waals surface area contributed by atoms with Crippen molar-refractivity contribution in [3.8, 4) is 5.75 Å². The highest BCUT2D eigenvalue weighted by atomic mass is 19.1. The van der Waals surface area contributed by atoms with Crippen LogP contribution in [-0.4, -0.2) is 27.3 Å². The summed E-state index contributed by atoms with van der Waals surface area (Å²) >= 11 is 0. The highest BCUT2D eigenvalue weighted by molar-refractivity contribution is 5.86. The predicted molar refractivity (Wildman–Crippen MR) is 133 cm³/mol. The molecule has 1 amide bonds. The number of hydrogen-bond donors (Lipinski definition) is 2. The van der Waals surface area contributed by atoms with E-state index in [-0.39, 0.29) is 11.9 Å². The summed E-state index contributed by atoms with van der Waals surface area (Å²) in [4.78, 5) is 16.4. The SMILES string of the molecule is CCC(Nn1cc(C)c2cc(OC(=O)NN3CCc4ccccc4C3)ccc21)c1ccncc1F. The Balaban J connectivity index is 1.28. The molecular weight excluding hydrogens is 445 g/mol. The lowest BCUT2D eigenvalue weighted by Gasteiger charge is -2.28. The van der Waals surface area contributed by atoms with Gasteiger partial charge in [0.05, 0.1) is 17.8 Å². The van der Waals surface area contributed by atoms with Crippen LogP contribution in [0, 0.1) is 12.7 Å². The summed E-state index contributed by atoms with van der Waals surface area (Å²) in [7, 11) is 0. The van der Waals surface area contributed by atoms with E-state index in [9.17, 15) is 9.18 Å². The number of nitrogens with zero attached hydrogens (tertiary/aromatic N) is 3. The quantitative estimate of drug-likeness (QED) is 0.401.